The number of nitrogens with two attached hydrogens (primary N) is 1. The van der Waals surface area contributed by atoms with Gasteiger partial charge in [-0.05, 0) is 25.0 Å². The largest absolute Gasteiger partial charge is 0.439 e. The molecular formula is C17H23N3O2. The molecule has 5 nitrogen and oxygen atoms in total. The molecule has 0 aromatic carbocycles. The van der Waals surface area contributed by atoms with Crippen molar-refractivity contribution in [3.8, 4) is 11.6 Å². The molecule has 0 aliphatic heterocycles. The molecule has 0 spiro atoms. The fourth-order valence-corrected chi connectivity index (χ4v) is 2.55. The number of carbonyl (C=O) groups is 1. The summed E-state index contributed by atoms with van der Waals surface area (Å²) < 4.78 is 5.87. The van der Waals surface area contributed by atoms with Gasteiger partial charge in [-0.2, -0.15) is 0 Å². The summed E-state index contributed by atoms with van der Waals surface area (Å²) >= 11 is 0. The summed E-state index contributed by atoms with van der Waals surface area (Å²) in [6, 6.07) is 5.48. The van der Waals surface area contributed by atoms with Crippen molar-refractivity contribution in [2.75, 3.05) is 0 Å². The Morgan fingerprint density at radius 2 is 2.14 bits per heavy atom. The molecule has 22 heavy (non-hydrogen) atoms. The van der Waals surface area contributed by atoms with Crippen molar-refractivity contribution in [3.63, 3.8) is 0 Å². The normalized spacial score (nSPS) is 12.3. The first-order valence-corrected chi connectivity index (χ1v) is 7.89. The van der Waals surface area contributed by atoms with Crippen molar-refractivity contribution >= 4 is 5.91 Å². The number of aromatic nitrogens is 2. The Bertz CT molecular complexity index is 608. The average Bonchev–Trinajstić information content (AvgIpc) is 2.98. The Kier molecular flexibility index (Phi) is 5.69. The molecule has 1 atom stereocenters. The predicted molar refractivity (Wildman–Crippen MR) is 85.4 cm³/mol. The van der Waals surface area contributed by atoms with Crippen molar-refractivity contribution in [1.82, 2.24) is 9.97 Å². The van der Waals surface area contributed by atoms with E-state index >= 15 is 0 Å². The van der Waals surface area contributed by atoms with Gasteiger partial charge in [-0.15, -0.1) is 0 Å². The van der Waals surface area contributed by atoms with E-state index in [2.05, 4.69) is 23.8 Å². The number of unbranched alkanes of at least 4 members (excludes halogenated alkanes) is 2. The lowest BCUT2D eigenvalue weighted by Crippen LogP contribution is -2.15. The van der Waals surface area contributed by atoms with Crippen LogP contribution in [0.4, 0.5) is 0 Å². The fraction of sp³-hybridized carbons (Fsp3) is 0.471. The van der Waals surface area contributed by atoms with Crippen LogP contribution in [0.25, 0.3) is 11.6 Å². The van der Waals surface area contributed by atoms with Gasteiger partial charge in [0.2, 0.25) is 5.89 Å². The van der Waals surface area contributed by atoms with Gasteiger partial charge in [-0.1, -0.05) is 39.2 Å². The summed E-state index contributed by atoms with van der Waals surface area (Å²) in [6.45, 7) is 4.26. The molecule has 2 N–H and O–H groups in total. The minimum atomic E-state index is -0.546. The summed E-state index contributed by atoms with van der Waals surface area (Å²) in [6.07, 6.45) is 6.97. The van der Waals surface area contributed by atoms with Crippen LogP contribution in [0.15, 0.2) is 28.8 Å². The molecule has 0 aliphatic carbocycles. The van der Waals surface area contributed by atoms with Crippen molar-refractivity contribution in [2.45, 2.75) is 51.9 Å². The molecule has 2 heterocycles. The van der Waals surface area contributed by atoms with Crippen LogP contribution in [-0.4, -0.2) is 15.9 Å². The SMILES string of the molecule is CCCCCC(CC)c1oc(-c2ccccn2)nc1C(N)=O. The van der Waals surface area contributed by atoms with Gasteiger partial charge < -0.3 is 10.2 Å². The van der Waals surface area contributed by atoms with E-state index in [1.54, 1.807) is 12.3 Å². The molecule has 1 amide bonds. The number of hydrogen-bond donors (Lipinski definition) is 1. The van der Waals surface area contributed by atoms with Crippen molar-refractivity contribution in [3.05, 3.63) is 35.9 Å². The standard InChI is InChI=1S/C17H23N3O2/c1-3-5-6-9-12(4-2)15-14(16(18)21)20-17(22-15)13-10-7-8-11-19-13/h7-8,10-12H,3-6,9H2,1-2H3,(H2,18,21). The second-order valence-corrected chi connectivity index (χ2v) is 5.41. The lowest BCUT2D eigenvalue weighted by molar-refractivity contribution is 0.0993. The van der Waals surface area contributed by atoms with Crippen molar-refractivity contribution in [1.29, 1.82) is 0 Å². The molecule has 118 valence electrons. The van der Waals surface area contributed by atoms with E-state index in [-0.39, 0.29) is 11.6 Å². The summed E-state index contributed by atoms with van der Waals surface area (Å²) in [7, 11) is 0. The van der Waals surface area contributed by atoms with E-state index < -0.39 is 5.91 Å². The van der Waals surface area contributed by atoms with Gasteiger partial charge in [-0.25, -0.2) is 4.98 Å². The number of nitrogens with zero attached hydrogens (tertiary/aromatic N) is 2. The third kappa shape index (κ3) is 3.72. The molecule has 1 unspecified atom stereocenters. The fourth-order valence-electron chi connectivity index (χ4n) is 2.55. The quantitative estimate of drug-likeness (QED) is 0.749. The van der Waals surface area contributed by atoms with Gasteiger partial charge in [0.05, 0.1) is 0 Å². The number of carbonyl (C=O) groups excluding carboxylic acids is 1. The number of primary amides is 1. The zero-order chi connectivity index (χ0) is 15.9. The molecule has 2 rings (SSSR count). The lowest BCUT2D eigenvalue weighted by Gasteiger charge is -2.12. The topological polar surface area (TPSA) is 82.0 Å². The minimum absolute atomic E-state index is 0.166. The molecular weight excluding hydrogens is 278 g/mol. The first-order chi connectivity index (χ1) is 10.7. The van der Waals surface area contributed by atoms with Crippen LogP contribution in [0.2, 0.25) is 0 Å². The van der Waals surface area contributed by atoms with E-state index in [4.69, 9.17) is 10.2 Å². The Morgan fingerprint density at radius 3 is 2.73 bits per heavy atom. The second kappa shape index (κ2) is 7.73. The van der Waals surface area contributed by atoms with Gasteiger partial charge in [0.15, 0.2) is 5.69 Å². The third-order valence-electron chi connectivity index (χ3n) is 3.79. The number of amides is 1. The summed E-state index contributed by atoms with van der Waals surface area (Å²) in [5.74, 6) is 0.582. The van der Waals surface area contributed by atoms with Crippen LogP contribution in [0.3, 0.4) is 0 Å². The van der Waals surface area contributed by atoms with Crippen LogP contribution < -0.4 is 5.73 Å². The summed E-state index contributed by atoms with van der Waals surface area (Å²) in [5.41, 5.74) is 6.32. The highest BCUT2D eigenvalue weighted by Crippen LogP contribution is 2.31. The third-order valence-corrected chi connectivity index (χ3v) is 3.79. The van der Waals surface area contributed by atoms with Gasteiger partial charge in [0.1, 0.15) is 11.5 Å². The van der Waals surface area contributed by atoms with Gasteiger partial charge in [0.25, 0.3) is 5.91 Å². The van der Waals surface area contributed by atoms with E-state index in [0.29, 0.717) is 17.3 Å². The zero-order valence-corrected chi connectivity index (χ0v) is 13.2. The molecule has 2 aromatic heterocycles. The van der Waals surface area contributed by atoms with Gasteiger partial charge >= 0.3 is 0 Å². The number of rotatable bonds is 8. The highest BCUT2D eigenvalue weighted by Gasteiger charge is 2.25. The van der Waals surface area contributed by atoms with Crippen LogP contribution in [0.5, 0.6) is 0 Å². The maximum Gasteiger partial charge on any atom is 0.270 e. The summed E-state index contributed by atoms with van der Waals surface area (Å²) in [5, 5.41) is 0. The summed E-state index contributed by atoms with van der Waals surface area (Å²) in [4.78, 5) is 20.2. The molecule has 2 aromatic rings. The molecule has 0 saturated heterocycles. The molecule has 0 saturated carbocycles. The number of pyridine rings is 1. The van der Waals surface area contributed by atoms with Crippen LogP contribution in [0, 0.1) is 0 Å². The second-order valence-electron chi connectivity index (χ2n) is 5.41. The first kappa shape index (κ1) is 16.2. The Balaban J connectivity index is 2.32. The Morgan fingerprint density at radius 1 is 1.32 bits per heavy atom. The monoisotopic (exact) mass is 301 g/mol. The highest BCUT2D eigenvalue weighted by molar-refractivity contribution is 5.92. The number of oxazole rings is 1. The number of hydrogen-bond acceptors (Lipinski definition) is 4. The Hall–Kier alpha value is -2.17. The minimum Gasteiger partial charge on any atom is -0.439 e. The van der Waals surface area contributed by atoms with Crippen LogP contribution in [-0.2, 0) is 0 Å². The highest BCUT2D eigenvalue weighted by atomic mass is 16.4. The first-order valence-electron chi connectivity index (χ1n) is 7.89. The average molecular weight is 301 g/mol. The maximum absolute atomic E-state index is 11.7. The van der Waals surface area contributed by atoms with E-state index in [1.807, 2.05) is 12.1 Å². The van der Waals surface area contributed by atoms with Gasteiger partial charge in [-0.3, -0.25) is 9.78 Å². The van der Waals surface area contributed by atoms with Crippen molar-refractivity contribution in [2.24, 2.45) is 5.73 Å². The molecule has 0 aliphatic rings. The lowest BCUT2D eigenvalue weighted by atomic mass is 9.95. The van der Waals surface area contributed by atoms with E-state index in [9.17, 15) is 4.79 Å². The van der Waals surface area contributed by atoms with Crippen LogP contribution in [0.1, 0.15) is 68.1 Å². The smallest absolute Gasteiger partial charge is 0.270 e. The molecule has 0 fully saturated rings. The Labute approximate surface area is 131 Å². The van der Waals surface area contributed by atoms with Crippen molar-refractivity contribution < 1.29 is 9.21 Å². The molecule has 0 radical (unpaired) electrons. The predicted octanol–water partition coefficient (Wildman–Crippen LogP) is 3.91. The molecule has 5 heteroatoms. The maximum atomic E-state index is 11.7. The van der Waals surface area contributed by atoms with Crippen LogP contribution >= 0.6 is 0 Å². The van der Waals surface area contributed by atoms with E-state index in [1.165, 1.54) is 6.42 Å². The van der Waals surface area contributed by atoms with E-state index in [0.717, 1.165) is 25.7 Å². The molecule has 0 bridgehead atoms. The van der Waals surface area contributed by atoms with Gasteiger partial charge in [0, 0.05) is 12.1 Å². The zero-order valence-electron chi connectivity index (χ0n) is 13.2.